The molecule has 0 bridgehead atoms. The lowest BCUT2D eigenvalue weighted by Crippen LogP contribution is -2.45. The maximum absolute atomic E-state index is 13.3. The first kappa shape index (κ1) is 25.4. The number of sulfonamides is 1. The van der Waals surface area contributed by atoms with E-state index in [2.05, 4.69) is 34.5 Å². The first-order chi connectivity index (χ1) is 17.9. The number of halogens is 1. The van der Waals surface area contributed by atoms with E-state index in [-0.39, 0.29) is 17.3 Å². The van der Waals surface area contributed by atoms with Gasteiger partial charge in [-0.25, -0.2) is 12.8 Å². The van der Waals surface area contributed by atoms with Gasteiger partial charge in [-0.3, -0.25) is 4.79 Å². The molecule has 2 aliphatic rings. The summed E-state index contributed by atoms with van der Waals surface area (Å²) in [6.07, 6.45) is 1.04. The van der Waals surface area contributed by atoms with Crippen LogP contribution in [0.5, 0.6) is 0 Å². The zero-order chi connectivity index (χ0) is 25.8. The number of hydrogen-bond acceptors (Lipinski definition) is 5. The van der Waals surface area contributed by atoms with Gasteiger partial charge in [0.15, 0.2) is 0 Å². The van der Waals surface area contributed by atoms with Crippen molar-refractivity contribution in [3.05, 3.63) is 84.2 Å². The van der Waals surface area contributed by atoms with E-state index in [4.69, 9.17) is 4.74 Å². The van der Waals surface area contributed by atoms with Gasteiger partial charge in [0.25, 0.3) is 0 Å². The number of carbonyl (C=O) groups excluding carboxylic acids is 1. The minimum absolute atomic E-state index is 0.0130. The minimum Gasteiger partial charge on any atom is -0.378 e. The molecule has 1 atom stereocenters. The van der Waals surface area contributed by atoms with Gasteiger partial charge in [-0.15, -0.1) is 0 Å². The molecule has 0 radical (unpaired) electrons. The van der Waals surface area contributed by atoms with Gasteiger partial charge >= 0.3 is 0 Å². The van der Waals surface area contributed by atoms with Crippen molar-refractivity contribution in [2.45, 2.75) is 30.3 Å². The summed E-state index contributed by atoms with van der Waals surface area (Å²) in [5.74, 6) is -0.839. The Hall–Kier alpha value is -3.27. The molecule has 9 heteroatoms. The Morgan fingerprint density at radius 1 is 0.946 bits per heavy atom. The maximum Gasteiger partial charge on any atom is 0.243 e. The molecular weight excluding hydrogens is 493 g/mol. The van der Waals surface area contributed by atoms with Crippen LogP contribution in [0.2, 0.25) is 0 Å². The molecule has 2 aliphatic heterocycles. The summed E-state index contributed by atoms with van der Waals surface area (Å²) < 4.78 is 46.1. The molecule has 0 unspecified atom stereocenters. The summed E-state index contributed by atoms with van der Waals surface area (Å²) in [7, 11) is -3.89. The summed E-state index contributed by atoms with van der Waals surface area (Å²) in [6, 6.07) is 20.3. The van der Waals surface area contributed by atoms with E-state index in [0.29, 0.717) is 19.4 Å². The van der Waals surface area contributed by atoms with Crippen LogP contribution in [0.3, 0.4) is 0 Å². The van der Waals surface area contributed by atoms with Crippen LogP contribution in [0, 0.1) is 5.82 Å². The average molecular weight is 524 g/mol. The van der Waals surface area contributed by atoms with E-state index in [9.17, 15) is 17.6 Å². The molecule has 37 heavy (non-hydrogen) atoms. The quantitative estimate of drug-likeness (QED) is 0.510. The number of nitrogens with one attached hydrogen (secondary N) is 1. The number of rotatable bonds is 7. The number of benzene rings is 3. The molecule has 194 valence electrons. The molecule has 1 N–H and O–H groups in total. The van der Waals surface area contributed by atoms with Crippen LogP contribution in [0.1, 0.15) is 18.4 Å². The Labute approximate surface area is 216 Å². The van der Waals surface area contributed by atoms with Crippen LogP contribution in [-0.2, 0) is 26.1 Å². The Bertz CT molecular complexity index is 1340. The molecule has 3 aromatic carbocycles. The van der Waals surface area contributed by atoms with Gasteiger partial charge in [0.1, 0.15) is 11.9 Å². The fourth-order valence-corrected chi connectivity index (χ4v) is 6.54. The van der Waals surface area contributed by atoms with Crippen molar-refractivity contribution >= 4 is 21.6 Å². The zero-order valence-corrected chi connectivity index (χ0v) is 21.3. The van der Waals surface area contributed by atoms with Gasteiger partial charge in [-0.1, -0.05) is 30.3 Å². The van der Waals surface area contributed by atoms with Crippen molar-refractivity contribution in [3.8, 4) is 11.1 Å². The van der Waals surface area contributed by atoms with Crippen molar-refractivity contribution in [2.75, 3.05) is 37.7 Å². The highest BCUT2D eigenvalue weighted by Crippen LogP contribution is 2.27. The smallest absolute Gasteiger partial charge is 0.243 e. The molecule has 1 amide bonds. The third-order valence-electron chi connectivity index (χ3n) is 6.90. The zero-order valence-electron chi connectivity index (χ0n) is 20.5. The highest BCUT2D eigenvalue weighted by atomic mass is 32.2. The number of anilines is 1. The minimum atomic E-state index is -3.89. The Kier molecular flexibility index (Phi) is 7.55. The number of ether oxygens (including phenoxy) is 1. The lowest BCUT2D eigenvalue weighted by Gasteiger charge is -2.28. The second-order valence-corrected chi connectivity index (χ2v) is 11.2. The number of amides is 1. The second kappa shape index (κ2) is 11.0. The molecule has 7 nitrogen and oxygen atoms in total. The van der Waals surface area contributed by atoms with Crippen molar-refractivity contribution in [1.82, 2.24) is 9.62 Å². The standard InChI is InChI=1S/C28H30FN3O4S/c29-24-8-12-26(13-9-24)37(34,35)32-14-2-5-27(32)28(33)30-20-21-3-1-4-23(19-21)22-6-10-25(11-7-22)31-15-17-36-18-16-31/h1,3-4,6-13,19,27H,2,5,14-18,20H2,(H,30,33)/t27-/m0/s1. The maximum atomic E-state index is 13.3. The molecule has 3 aromatic rings. The van der Waals surface area contributed by atoms with Gasteiger partial charge < -0.3 is 15.0 Å². The topological polar surface area (TPSA) is 79.0 Å². The summed E-state index contributed by atoms with van der Waals surface area (Å²) in [6.45, 7) is 3.81. The summed E-state index contributed by atoms with van der Waals surface area (Å²) in [5, 5.41) is 2.91. The van der Waals surface area contributed by atoms with Gasteiger partial charge in [-0.2, -0.15) is 4.31 Å². The van der Waals surface area contributed by atoms with Crippen molar-refractivity contribution in [3.63, 3.8) is 0 Å². The van der Waals surface area contributed by atoms with Crippen LogP contribution in [-0.4, -0.2) is 57.5 Å². The Morgan fingerprint density at radius 2 is 1.68 bits per heavy atom. The summed E-state index contributed by atoms with van der Waals surface area (Å²) in [4.78, 5) is 15.3. The Balaban J connectivity index is 1.23. The Morgan fingerprint density at radius 3 is 2.41 bits per heavy atom. The van der Waals surface area contributed by atoms with E-state index in [1.165, 1.54) is 22.1 Å². The van der Waals surface area contributed by atoms with Crippen LogP contribution >= 0.6 is 0 Å². The van der Waals surface area contributed by atoms with Crippen LogP contribution in [0.4, 0.5) is 10.1 Å². The number of hydrogen-bond donors (Lipinski definition) is 1. The van der Waals surface area contributed by atoms with E-state index in [1.54, 1.807) is 0 Å². The first-order valence-corrected chi connectivity index (χ1v) is 13.9. The largest absolute Gasteiger partial charge is 0.378 e. The van der Waals surface area contributed by atoms with Crippen LogP contribution in [0.25, 0.3) is 11.1 Å². The fourth-order valence-electron chi connectivity index (χ4n) is 4.89. The fraction of sp³-hybridized carbons (Fsp3) is 0.321. The average Bonchev–Trinajstić information content (AvgIpc) is 3.44. The van der Waals surface area contributed by atoms with Crippen LogP contribution in [0.15, 0.2) is 77.7 Å². The van der Waals surface area contributed by atoms with Gasteiger partial charge in [0, 0.05) is 31.9 Å². The highest BCUT2D eigenvalue weighted by molar-refractivity contribution is 7.89. The van der Waals surface area contributed by atoms with Gasteiger partial charge in [-0.05, 0) is 72.0 Å². The molecule has 0 spiro atoms. The van der Waals surface area contributed by atoms with Crippen molar-refractivity contribution < 1.29 is 22.3 Å². The van der Waals surface area contributed by atoms with E-state index < -0.39 is 21.9 Å². The lowest BCUT2D eigenvalue weighted by atomic mass is 10.0. The van der Waals surface area contributed by atoms with E-state index in [1.807, 2.05) is 24.3 Å². The normalized spacial score (nSPS) is 18.6. The SMILES string of the molecule is O=C(NCc1cccc(-c2ccc(N3CCOCC3)cc2)c1)[C@@H]1CCCN1S(=O)(=O)c1ccc(F)cc1. The van der Waals surface area contributed by atoms with Gasteiger partial charge in [0.2, 0.25) is 15.9 Å². The molecule has 2 heterocycles. The molecule has 5 rings (SSSR count). The molecular formula is C28H30FN3O4S. The number of nitrogens with zero attached hydrogens (tertiary/aromatic N) is 2. The molecule has 0 aromatic heterocycles. The summed E-state index contributed by atoms with van der Waals surface area (Å²) in [5.41, 5.74) is 4.22. The van der Waals surface area contributed by atoms with E-state index >= 15 is 0 Å². The summed E-state index contributed by atoms with van der Waals surface area (Å²) >= 11 is 0. The molecule has 0 saturated carbocycles. The predicted octanol–water partition coefficient (Wildman–Crippen LogP) is 3.80. The third kappa shape index (κ3) is 5.69. The van der Waals surface area contributed by atoms with Crippen LogP contribution < -0.4 is 10.2 Å². The predicted molar refractivity (Wildman–Crippen MR) is 140 cm³/mol. The van der Waals surface area contributed by atoms with Crippen molar-refractivity contribution in [2.24, 2.45) is 0 Å². The molecule has 2 fully saturated rings. The number of carbonyl (C=O) groups is 1. The number of morpholine rings is 1. The lowest BCUT2D eigenvalue weighted by molar-refractivity contribution is -0.124. The second-order valence-electron chi connectivity index (χ2n) is 9.29. The first-order valence-electron chi connectivity index (χ1n) is 12.5. The molecule has 2 saturated heterocycles. The van der Waals surface area contributed by atoms with E-state index in [0.717, 1.165) is 55.1 Å². The highest BCUT2D eigenvalue weighted by Gasteiger charge is 2.39. The monoisotopic (exact) mass is 523 g/mol. The molecule has 0 aliphatic carbocycles. The van der Waals surface area contributed by atoms with Gasteiger partial charge in [0.05, 0.1) is 18.1 Å². The third-order valence-corrected chi connectivity index (χ3v) is 8.82. The van der Waals surface area contributed by atoms with Crippen molar-refractivity contribution in [1.29, 1.82) is 0 Å².